The van der Waals surface area contributed by atoms with Gasteiger partial charge in [0.2, 0.25) is 0 Å². The van der Waals surface area contributed by atoms with Crippen molar-refractivity contribution in [1.82, 2.24) is 5.16 Å². The SMILES string of the molecule is Cc1noc(-c2ccc3c(c2)OCCO3)c1N. The Morgan fingerprint density at radius 2 is 1.94 bits per heavy atom. The molecule has 3 rings (SSSR count). The van der Waals surface area contributed by atoms with E-state index in [1.54, 1.807) is 6.92 Å². The fourth-order valence-electron chi connectivity index (χ4n) is 1.77. The number of rotatable bonds is 1. The third kappa shape index (κ3) is 1.60. The molecule has 0 atom stereocenters. The molecular formula is C12H12N2O3. The first-order valence-corrected chi connectivity index (χ1v) is 5.37. The monoisotopic (exact) mass is 232 g/mol. The summed E-state index contributed by atoms with van der Waals surface area (Å²) >= 11 is 0. The first-order chi connectivity index (χ1) is 8.25. The Bertz CT molecular complexity index is 563. The van der Waals surface area contributed by atoms with E-state index in [2.05, 4.69) is 5.16 Å². The summed E-state index contributed by atoms with van der Waals surface area (Å²) in [7, 11) is 0. The van der Waals surface area contributed by atoms with Gasteiger partial charge in [-0.2, -0.15) is 0 Å². The van der Waals surface area contributed by atoms with Gasteiger partial charge in [-0.15, -0.1) is 0 Å². The fraction of sp³-hybridized carbons (Fsp3) is 0.250. The summed E-state index contributed by atoms with van der Waals surface area (Å²) in [6, 6.07) is 5.58. The zero-order valence-electron chi connectivity index (χ0n) is 9.40. The number of hydrogen-bond acceptors (Lipinski definition) is 5. The predicted octanol–water partition coefficient (Wildman–Crippen LogP) is 2.00. The van der Waals surface area contributed by atoms with Gasteiger partial charge in [-0.1, -0.05) is 5.16 Å². The van der Waals surface area contributed by atoms with Gasteiger partial charge in [-0.05, 0) is 25.1 Å². The summed E-state index contributed by atoms with van der Waals surface area (Å²) in [4.78, 5) is 0. The van der Waals surface area contributed by atoms with E-state index in [-0.39, 0.29) is 0 Å². The van der Waals surface area contributed by atoms with Gasteiger partial charge in [0.05, 0.1) is 0 Å². The lowest BCUT2D eigenvalue weighted by Crippen LogP contribution is -2.15. The van der Waals surface area contributed by atoms with E-state index in [1.165, 1.54) is 0 Å². The minimum Gasteiger partial charge on any atom is -0.486 e. The Balaban J connectivity index is 2.07. The van der Waals surface area contributed by atoms with Gasteiger partial charge in [0, 0.05) is 5.56 Å². The number of benzene rings is 1. The molecule has 0 bridgehead atoms. The Labute approximate surface area is 98.1 Å². The second-order valence-electron chi connectivity index (χ2n) is 3.87. The second kappa shape index (κ2) is 3.69. The summed E-state index contributed by atoms with van der Waals surface area (Å²) in [6.07, 6.45) is 0. The molecule has 0 unspecified atom stereocenters. The van der Waals surface area contributed by atoms with E-state index in [0.717, 1.165) is 11.3 Å². The molecule has 5 heteroatoms. The number of aromatic nitrogens is 1. The van der Waals surface area contributed by atoms with Crippen LogP contribution in [0.25, 0.3) is 11.3 Å². The highest BCUT2D eigenvalue weighted by Crippen LogP contribution is 2.36. The number of ether oxygens (including phenoxy) is 2. The quantitative estimate of drug-likeness (QED) is 0.814. The lowest BCUT2D eigenvalue weighted by atomic mass is 10.1. The lowest BCUT2D eigenvalue weighted by Gasteiger charge is -2.18. The van der Waals surface area contributed by atoms with E-state index in [1.807, 2.05) is 18.2 Å². The molecule has 88 valence electrons. The molecule has 0 radical (unpaired) electrons. The van der Waals surface area contributed by atoms with E-state index < -0.39 is 0 Å². The minimum absolute atomic E-state index is 0.557. The van der Waals surface area contributed by atoms with Crippen LogP contribution in [-0.2, 0) is 0 Å². The molecule has 0 spiro atoms. The van der Waals surface area contributed by atoms with Crippen molar-refractivity contribution >= 4 is 5.69 Å². The Kier molecular flexibility index (Phi) is 2.18. The molecule has 2 heterocycles. The van der Waals surface area contributed by atoms with Crippen molar-refractivity contribution in [2.75, 3.05) is 18.9 Å². The molecule has 2 aromatic rings. The fourth-order valence-corrected chi connectivity index (χ4v) is 1.77. The number of hydrogen-bond donors (Lipinski definition) is 1. The molecule has 1 aromatic carbocycles. The molecule has 0 fully saturated rings. The number of nitrogens with two attached hydrogens (primary N) is 1. The van der Waals surface area contributed by atoms with Gasteiger partial charge in [-0.3, -0.25) is 0 Å². The van der Waals surface area contributed by atoms with Crippen LogP contribution in [0.2, 0.25) is 0 Å². The van der Waals surface area contributed by atoms with Crippen LogP contribution in [0.15, 0.2) is 22.7 Å². The molecule has 1 aromatic heterocycles. The largest absolute Gasteiger partial charge is 0.486 e. The number of nitrogens with zero attached hydrogens (tertiary/aromatic N) is 1. The maximum absolute atomic E-state index is 5.88. The Morgan fingerprint density at radius 3 is 2.65 bits per heavy atom. The van der Waals surface area contributed by atoms with Crippen molar-refractivity contribution in [3.8, 4) is 22.8 Å². The number of anilines is 1. The highest BCUT2D eigenvalue weighted by atomic mass is 16.6. The molecule has 1 aliphatic heterocycles. The van der Waals surface area contributed by atoms with Gasteiger partial charge in [0.15, 0.2) is 17.3 Å². The second-order valence-corrected chi connectivity index (χ2v) is 3.87. The zero-order valence-corrected chi connectivity index (χ0v) is 9.40. The van der Waals surface area contributed by atoms with Crippen LogP contribution in [0.3, 0.4) is 0 Å². The zero-order chi connectivity index (χ0) is 11.8. The van der Waals surface area contributed by atoms with Gasteiger partial charge in [0.25, 0.3) is 0 Å². The van der Waals surface area contributed by atoms with Crippen LogP contribution in [0.4, 0.5) is 5.69 Å². The molecule has 0 aliphatic carbocycles. The highest BCUT2D eigenvalue weighted by Gasteiger charge is 2.16. The maximum atomic E-state index is 5.88. The van der Waals surface area contributed by atoms with Crippen molar-refractivity contribution in [1.29, 1.82) is 0 Å². The maximum Gasteiger partial charge on any atom is 0.190 e. The first kappa shape index (κ1) is 10.0. The third-order valence-electron chi connectivity index (χ3n) is 2.71. The standard InChI is InChI=1S/C12H12N2O3/c1-7-11(13)12(17-14-7)8-2-3-9-10(6-8)16-5-4-15-9/h2-3,6H,4-5,13H2,1H3. The molecule has 0 amide bonds. The summed E-state index contributed by atoms with van der Waals surface area (Å²) in [6.45, 7) is 2.94. The van der Waals surface area contributed by atoms with Gasteiger partial charge in [-0.25, -0.2) is 0 Å². The summed E-state index contributed by atoms with van der Waals surface area (Å²) in [5, 5.41) is 3.83. The van der Waals surface area contributed by atoms with Crippen LogP contribution in [0.5, 0.6) is 11.5 Å². The van der Waals surface area contributed by atoms with Gasteiger partial charge in [0.1, 0.15) is 24.6 Å². The van der Waals surface area contributed by atoms with Crippen LogP contribution in [-0.4, -0.2) is 18.4 Å². The van der Waals surface area contributed by atoms with Crippen molar-refractivity contribution in [2.45, 2.75) is 6.92 Å². The number of aryl methyl sites for hydroxylation is 1. The van der Waals surface area contributed by atoms with E-state index in [0.29, 0.717) is 36.1 Å². The van der Waals surface area contributed by atoms with Crippen LogP contribution >= 0.6 is 0 Å². The molecule has 0 saturated heterocycles. The molecule has 1 aliphatic rings. The van der Waals surface area contributed by atoms with E-state index in [4.69, 9.17) is 19.7 Å². The van der Waals surface area contributed by atoms with Crippen molar-refractivity contribution < 1.29 is 14.0 Å². The lowest BCUT2D eigenvalue weighted by molar-refractivity contribution is 0.171. The molecule has 0 saturated carbocycles. The topological polar surface area (TPSA) is 70.5 Å². The smallest absolute Gasteiger partial charge is 0.190 e. The Morgan fingerprint density at radius 1 is 1.18 bits per heavy atom. The summed E-state index contributed by atoms with van der Waals surface area (Å²) in [5.74, 6) is 2.02. The third-order valence-corrected chi connectivity index (χ3v) is 2.71. The predicted molar refractivity (Wildman–Crippen MR) is 62.1 cm³/mol. The average Bonchev–Trinajstić information content (AvgIpc) is 2.70. The van der Waals surface area contributed by atoms with Crippen molar-refractivity contribution in [3.05, 3.63) is 23.9 Å². The van der Waals surface area contributed by atoms with E-state index in [9.17, 15) is 0 Å². The number of nitrogen functional groups attached to an aromatic ring is 1. The van der Waals surface area contributed by atoms with Crippen molar-refractivity contribution in [2.24, 2.45) is 0 Å². The minimum atomic E-state index is 0.557. The molecule has 17 heavy (non-hydrogen) atoms. The van der Waals surface area contributed by atoms with Crippen LogP contribution in [0, 0.1) is 6.92 Å². The van der Waals surface area contributed by atoms with Crippen molar-refractivity contribution in [3.63, 3.8) is 0 Å². The number of fused-ring (bicyclic) bond motifs is 1. The van der Waals surface area contributed by atoms with Gasteiger partial charge >= 0.3 is 0 Å². The van der Waals surface area contributed by atoms with Crippen LogP contribution < -0.4 is 15.2 Å². The van der Waals surface area contributed by atoms with Gasteiger partial charge < -0.3 is 19.7 Å². The highest BCUT2D eigenvalue weighted by molar-refractivity contribution is 5.74. The molecule has 5 nitrogen and oxygen atoms in total. The average molecular weight is 232 g/mol. The summed E-state index contributed by atoms with van der Waals surface area (Å²) < 4.78 is 16.2. The van der Waals surface area contributed by atoms with Crippen LogP contribution in [0.1, 0.15) is 5.69 Å². The molecule has 2 N–H and O–H groups in total. The Hall–Kier alpha value is -2.17. The molecular weight excluding hydrogens is 220 g/mol. The normalized spacial score (nSPS) is 13.7. The summed E-state index contributed by atoms with van der Waals surface area (Å²) in [5.41, 5.74) is 7.97. The first-order valence-electron chi connectivity index (χ1n) is 5.37. The van der Waals surface area contributed by atoms with E-state index >= 15 is 0 Å².